The number of carbonyl (C=O) groups excluding carboxylic acids is 1. The van der Waals surface area contributed by atoms with Crippen LogP contribution in [0.15, 0.2) is 67.1 Å². The maximum absolute atomic E-state index is 14.5. The molecule has 0 unspecified atom stereocenters. The molecule has 3 aromatic carbocycles. The normalized spacial score (nSPS) is 11.2. The van der Waals surface area contributed by atoms with Crippen molar-refractivity contribution < 1.29 is 13.6 Å². The summed E-state index contributed by atoms with van der Waals surface area (Å²) in [6, 6.07) is 14.5. The number of halogens is 2. The van der Waals surface area contributed by atoms with Crippen molar-refractivity contribution in [1.29, 1.82) is 0 Å². The summed E-state index contributed by atoms with van der Waals surface area (Å²) in [5.41, 5.74) is 6.45. The van der Waals surface area contributed by atoms with Gasteiger partial charge in [-0.15, -0.1) is 0 Å². The first-order chi connectivity index (χ1) is 15.9. The van der Waals surface area contributed by atoms with Crippen LogP contribution < -0.4 is 5.32 Å². The molecule has 0 atom stereocenters. The molecule has 33 heavy (non-hydrogen) atoms. The van der Waals surface area contributed by atoms with Gasteiger partial charge in [-0.1, -0.05) is 6.07 Å². The predicted molar refractivity (Wildman–Crippen MR) is 123 cm³/mol. The molecule has 0 radical (unpaired) electrons. The smallest absolute Gasteiger partial charge is 0.221 e. The molecule has 0 saturated carbocycles. The van der Waals surface area contributed by atoms with Gasteiger partial charge in [0.25, 0.3) is 0 Å². The van der Waals surface area contributed by atoms with E-state index in [0.29, 0.717) is 16.9 Å². The molecular formula is C25H19F2N5O. The Morgan fingerprint density at radius 1 is 1.00 bits per heavy atom. The molecule has 2 aromatic heterocycles. The SMILES string of the molecule is CC(=O)Nc1cc(-c2ccc(F)cc2F)cc(-n2cnc3cc(-c4cn[nH]c4C)ccc32)c1. The van der Waals surface area contributed by atoms with Crippen molar-refractivity contribution in [2.24, 2.45) is 0 Å². The number of anilines is 1. The van der Waals surface area contributed by atoms with Gasteiger partial charge in [-0.2, -0.15) is 5.10 Å². The van der Waals surface area contributed by atoms with Crippen molar-refractivity contribution in [1.82, 2.24) is 19.7 Å². The number of amides is 1. The molecule has 164 valence electrons. The van der Waals surface area contributed by atoms with Crippen LogP contribution in [0.5, 0.6) is 0 Å². The summed E-state index contributed by atoms with van der Waals surface area (Å²) in [5, 5.41) is 9.76. The maximum Gasteiger partial charge on any atom is 0.221 e. The highest BCUT2D eigenvalue weighted by Gasteiger charge is 2.13. The molecule has 0 aliphatic carbocycles. The summed E-state index contributed by atoms with van der Waals surface area (Å²) in [6.45, 7) is 3.35. The van der Waals surface area contributed by atoms with E-state index in [9.17, 15) is 13.6 Å². The molecule has 5 rings (SSSR count). The minimum atomic E-state index is -0.684. The average Bonchev–Trinajstić information content (AvgIpc) is 3.38. The third-order valence-corrected chi connectivity index (χ3v) is 5.45. The number of hydrogen-bond acceptors (Lipinski definition) is 3. The first-order valence-electron chi connectivity index (χ1n) is 10.2. The van der Waals surface area contributed by atoms with Crippen molar-refractivity contribution in [3.63, 3.8) is 0 Å². The summed E-state index contributed by atoms with van der Waals surface area (Å²) in [5.74, 6) is -1.59. The summed E-state index contributed by atoms with van der Waals surface area (Å²) in [6.07, 6.45) is 3.45. The van der Waals surface area contributed by atoms with E-state index in [1.807, 2.05) is 29.7 Å². The van der Waals surface area contributed by atoms with Crippen LogP contribution in [0.2, 0.25) is 0 Å². The molecule has 0 fully saturated rings. The lowest BCUT2D eigenvalue weighted by molar-refractivity contribution is -0.114. The number of benzene rings is 3. The molecule has 0 aliphatic heterocycles. The zero-order valence-corrected chi connectivity index (χ0v) is 17.9. The van der Waals surface area contributed by atoms with Gasteiger partial charge in [0, 0.05) is 41.2 Å². The van der Waals surface area contributed by atoms with E-state index in [2.05, 4.69) is 20.5 Å². The van der Waals surface area contributed by atoms with E-state index in [-0.39, 0.29) is 11.5 Å². The third kappa shape index (κ3) is 3.87. The van der Waals surface area contributed by atoms with Crippen molar-refractivity contribution in [2.75, 3.05) is 5.32 Å². The van der Waals surface area contributed by atoms with Gasteiger partial charge in [-0.25, -0.2) is 13.8 Å². The van der Waals surface area contributed by atoms with Gasteiger partial charge in [0.05, 0.1) is 17.2 Å². The maximum atomic E-state index is 14.5. The molecule has 5 aromatic rings. The molecule has 8 heteroatoms. The molecule has 0 saturated heterocycles. The van der Waals surface area contributed by atoms with Crippen LogP contribution in [0.25, 0.3) is 39.0 Å². The van der Waals surface area contributed by atoms with Crippen LogP contribution in [-0.2, 0) is 4.79 Å². The Kier molecular flexibility index (Phi) is 4.97. The number of fused-ring (bicyclic) bond motifs is 1. The zero-order valence-electron chi connectivity index (χ0n) is 17.9. The molecule has 6 nitrogen and oxygen atoms in total. The van der Waals surface area contributed by atoms with Crippen LogP contribution in [0, 0.1) is 18.6 Å². The summed E-state index contributed by atoms with van der Waals surface area (Å²) in [4.78, 5) is 16.2. The van der Waals surface area contributed by atoms with Gasteiger partial charge < -0.3 is 5.32 Å². The number of aromatic amines is 1. The number of aromatic nitrogens is 4. The Bertz CT molecular complexity index is 1520. The number of rotatable bonds is 4. The fourth-order valence-electron chi connectivity index (χ4n) is 3.93. The number of imidazole rings is 1. The first-order valence-corrected chi connectivity index (χ1v) is 10.2. The number of nitrogens with one attached hydrogen (secondary N) is 2. The van der Waals surface area contributed by atoms with Crippen molar-refractivity contribution in [2.45, 2.75) is 13.8 Å². The molecule has 0 spiro atoms. The standard InChI is InChI=1S/C25H19F2N5O/c1-14-22(12-29-31-14)16-3-6-25-24(9-16)28-13-32(25)20-8-17(7-19(11-20)30-15(2)33)21-5-4-18(26)10-23(21)27/h3-13H,1-2H3,(H,29,31)(H,30,33). The number of nitrogens with zero attached hydrogens (tertiary/aromatic N) is 3. The Balaban J connectivity index is 1.65. The van der Waals surface area contributed by atoms with E-state index in [0.717, 1.165) is 33.9 Å². The summed E-state index contributed by atoms with van der Waals surface area (Å²) >= 11 is 0. The Hall–Kier alpha value is -4.33. The number of carbonyl (C=O) groups is 1. The van der Waals surface area contributed by atoms with Crippen LogP contribution in [0.4, 0.5) is 14.5 Å². The number of hydrogen-bond donors (Lipinski definition) is 2. The van der Waals surface area contributed by atoms with E-state index >= 15 is 0 Å². The summed E-state index contributed by atoms with van der Waals surface area (Å²) < 4.78 is 29.8. The summed E-state index contributed by atoms with van der Waals surface area (Å²) in [7, 11) is 0. The van der Waals surface area contributed by atoms with E-state index in [4.69, 9.17) is 0 Å². The lowest BCUT2D eigenvalue weighted by Crippen LogP contribution is -2.07. The van der Waals surface area contributed by atoms with Crippen molar-refractivity contribution in [3.05, 3.63) is 84.4 Å². The second kappa shape index (κ2) is 7.98. The fourth-order valence-corrected chi connectivity index (χ4v) is 3.93. The van der Waals surface area contributed by atoms with E-state index in [1.54, 1.807) is 30.7 Å². The first kappa shape index (κ1) is 20.6. The minimum Gasteiger partial charge on any atom is -0.326 e. The monoisotopic (exact) mass is 443 g/mol. The topological polar surface area (TPSA) is 75.6 Å². The largest absolute Gasteiger partial charge is 0.326 e. The quantitative estimate of drug-likeness (QED) is 0.378. The number of aryl methyl sites for hydroxylation is 1. The van der Waals surface area contributed by atoms with Crippen molar-refractivity contribution in [3.8, 4) is 27.9 Å². The van der Waals surface area contributed by atoms with Crippen LogP contribution >= 0.6 is 0 Å². The second-order valence-electron chi connectivity index (χ2n) is 7.80. The van der Waals surface area contributed by atoms with Gasteiger partial charge in [-0.3, -0.25) is 14.5 Å². The van der Waals surface area contributed by atoms with E-state index < -0.39 is 11.6 Å². The lowest BCUT2D eigenvalue weighted by atomic mass is 10.0. The molecule has 1 amide bonds. The van der Waals surface area contributed by atoms with E-state index in [1.165, 1.54) is 19.1 Å². The zero-order chi connectivity index (χ0) is 23.1. The second-order valence-corrected chi connectivity index (χ2v) is 7.80. The lowest BCUT2D eigenvalue weighted by Gasteiger charge is -2.13. The van der Waals surface area contributed by atoms with Crippen molar-refractivity contribution >= 4 is 22.6 Å². The Morgan fingerprint density at radius 2 is 1.85 bits per heavy atom. The highest BCUT2D eigenvalue weighted by atomic mass is 19.1. The fraction of sp³-hybridized carbons (Fsp3) is 0.0800. The molecule has 2 N–H and O–H groups in total. The van der Waals surface area contributed by atoms with Gasteiger partial charge in [0.1, 0.15) is 18.0 Å². The molecular weight excluding hydrogens is 424 g/mol. The molecule has 2 heterocycles. The average molecular weight is 443 g/mol. The molecule has 0 bridgehead atoms. The van der Waals surface area contributed by atoms with Crippen LogP contribution in [0.3, 0.4) is 0 Å². The third-order valence-electron chi connectivity index (χ3n) is 5.45. The molecule has 0 aliphatic rings. The van der Waals surface area contributed by atoms with Crippen LogP contribution in [0.1, 0.15) is 12.6 Å². The highest BCUT2D eigenvalue weighted by Crippen LogP contribution is 2.32. The van der Waals surface area contributed by atoms with Gasteiger partial charge >= 0.3 is 0 Å². The minimum absolute atomic E-state index is 0.229. The predicted octanol–water partition coefficient (Wildman–Crippen LogP) is 5.63. The van der Waals surface area contributed by atoms with Crippen LogP contribution in [-0.4, -0.2) is 25.7 Å². The van der Waals surface area contributed by atoms with Gasteiger partial charge in [0.2, 0.25) is 5.91 Å². The Labute approximate surface area is 187 Å². The van der Waals surface area contributed by atoms with Gasteiger partial charge in [-0.05, 0) is 60.5 Å². The van der Waals surface area contributed by atoms with Gasteiger partial charge in [0.15, 0.2) is 0 Å². The highest BCUT2D eigenvalue weighted by molar-refractivity contribution is 5.91. The number of H-pyrrole nitrogens is 1. The Morgan fingerprint density at radius 3 is 2.58 bits per heavy atom.